The highest BCUT2D eigenvalue weighted by Crippen LogP contribution is 2.13. The first-order valence-corrected chi connectivity index (χ1v) is 8.91. The van der Waals surface area contributed by atoms with Gasteiger partial charge in [0, 0.05) is 22.3 Å². The zero-order chi connectivity index (χ0) is 17.5. The number of carbonyl (C=O) groups is 2. The summed E-state index contributed by atoms with van der Waals surface area (Å²) >= 11 is 0. The van der Waals surface area contributed by atoms with Crippen LogP contribution in [-0.4, -0.2) is 27.9 Å². The number of hydrogen-bond donors (Lipinski definition) is 1. The molecule has 0 fully saturated rings. The molecular formula is C18H18O5S. The van der Waals surface area contributed by atoms with Crippen molar-refractivity contribution in [3.05, 3.63) is 70.8 Å². The predicted octanol–water partition coefficient (Wildman–Crippen LogP) is 3.01. The van der Waals surface area contributed by atoms with E-state index in [9.17, 15) is 13.8 Å². The predicted molar refractivity (Wildman–Crippen MR) is 91.4 cm³/mol. The molecular weight excluding hydrogens is 328 g/mol. The van der Waals surface area contributed by atoms with E-state index in [4.69, 9.17) is 9.84 Å². The molecule has 2 aromatic carbocycles. The van der Waals surface area contributed by atoms with Crippen LogP contribution in [0.5, 0.6) is 0 Å². The van der Waals surface area contributed by atoms with Crippen molar-refractivity contribution in [2.75, 3.05) is 6.61 Å². The molecule has 0 spiro atoms. The summed E-state index contributed by atoms with van der Waals surface area (Å²) in [5, 5.41) is 8.97. The summed E-state index contributed by atoms with van der Waals surface area (Å²) < 4.78 is 17.2. The van der Waals surface area contributed by atoms with E-state index in [1.165, 1.54) is 12.1 Å². The quantitative estimate of drug-likeness (QED) is 0.780. The summed E-state index contributed by atoms with van der Waals surface area (Å²) in [4.78, 5) is 22.5. The average molecular weight is 346 g/mol. The molecule has 0 saturated heterocycles. The highest BCUT2D eigenvalue weighted by molar-refractivity contribution is 7.83. The van der Waals surface area contributed by atoms with Crippen LogP contribution in [0.3, 0.4) is 0 Å². The summed E-state index contributed by atoms with van der Waals surface area (Å²) in [6.07, 6.45) is 0. The Labute approximate surface area is 142 Å². The van der Waals surface area contributed by atoms with E-state index in [0.29, 0.717) is 17.9 Å². The molecule has 0 aliphatic rings. The number of carboxylic acid groups (broad SMARTS) is 1. The van der Waals surface area contributed by atoms with Crippen LogP contribution in [0.15, 0.2) is 48.5 Å². The van der Waals surface area contributed by atoms with Gasteiger partial charge < -0.3 is 9.84 Å². The second-order valence-corrected chi connectivity index (χ2v) is 6.61. The Morgan fingerprint density at radius 1 is 1.00 bits per heavy atom. The van der Waals surface area contributed by atoms with Gasteiger partial charge in [0.1, 0.15) is 0 Å². The third-order valence-corrected chi connectivity index (χ3v) is 4.60. The number of carboxylic acids is 1. The van der Waals surface area contributed by atoms with Gasteiger partial charge in [-0.3, -0.25) is 4.21 Å². The zero-order valence-electron chi connectivity index (χ0n) is 13.2. The SMILES string of the molecule is CCOC(=O)c1ccc(CS(=O)Cc2cccc(C(=O)O)c2)cc1. The van der Waals surface area contributed by atoms with Crippen molar-refractivity contribution < 1.29 is 23.6 Å². The van der Waals surface area contributed by atoms with Crippen LogP contribution in [0.25, 0.3) is 0 Å². The van der Waals surface area contributed by atoms with Crippen LogP contribution in [0.4, 0.5) is 0 Å². The number of rotatable bonds is 7. The molecule has 2 aromatic rings. The maximum atomic E-state index is 12.3. The molecule has 126 valence electrons. The van der Waals surface area contributed by atoms with Crippen molar-refractivity contribution in [1.82, 2.24) is 0 Å². The van der Waals surface area contributed by atoms with Crippen LogP contribution in [0, 0.1) is 0 Å². The number of aromatic carboxylic acids is 1. The summed E-state index contributed by atoms with van der Waals surface area (Å²) in [7, 11) is -1.17. The Kier molecular flexibility index (Phi) is 6.26. The minimum Gasteiger partial charge on any atom is -0.478 e. The minimum atomic E-state index is -1.17. The van der Waals surface area contributed by atoms with Gasteiger partial charge >= 0.3 is 11.9 Å². The summed E-state index contributed by atoms with van der Waals surface area (Å²) in [6.45, 7) is 2.06. The Hall–Kier alpha value is -2.47. The summed E-state index contributed by atoms with van der Waals surface area (Å²) in [5.41, 5.74) is 2.20. The van der Waals surface area contributed by atoms with Crippen LogP contribution in [0.1, 0.15) is 38.8 Å². The molecule has 0 radical (unpaired) electrons. The van der Waals surface area contributed by atoms with E-state index in [-0.39, 0.29) is 17.3 Å². The highest BCUT2D eigenvalue weighted by Gasteiger charge is 2.09. The van der Waals surface area contributed by atoms with Gasteiger partial charge in [0.2, 0.25) is 0 Å². The molecule has 5 nitrogen and oxygen atoms in total. The van der Waals surface area contributed by atoms with E-state index < -0.39 is 16.8 Å². The Morgan fingerprint density at radius 3 is 2.29 bits per heavy atom. The number of hydrogen-bond acceptors (Lipinski definition) is 4. The monoisotopic (exact) mass is 346 g/mol. The maximum absolute atomic E-state index is 12.3. The molecule has 0 aliphatic heterocycles. The van der Waals surface area contributed by atoms with Crippen molar-refractivity contribution in [2.45, 2.75) is 18.4 Å². The molecule has 1 unspecified atom stereocenters. The molecule has 6 heteroatoms. The molecule has 24 heavy (non-hydrogen) atoms. The van der Waals surface area contributed by atoms with Crippen molar-refractivity contribution >= 4 is 22.7 Å². The number of carbonyl (C=O) groups excluding carboxylic acids is 1. The maximum Gasteiger partial charge on any atom is 0.338 e. The molecule has 1 N–H and O–H groups in total. The smallest absolute Gasteiger partial charge is 0.338 e. The van der Waals surface area contributed by atoms with Crippen molar-refractivity contribution in [3.8, 4) is 0 Å². The lowest BCUT2D eigenvalue weighted by Gasteiger charge is -2.06. The Balaban J connectivity index is 1.98. The van der Waals surface area contributed by atoms with Crippen molar-refractivity contribution in [2.24, 2.45) is 0 Å². The molecule has 0 heterocycles. The standard InChI is InChI=1S/C18H18O5S/c1-2-23-18(21)15-8-6-13(7-9-15)11-24(22)12-14-4-3-5-16(10-14)17(19)20/h3-10H,2,11-12H2,1H3,(H,19,20). The Morgan fingerprint density at radius 2 is 1.67 bits per heavy atom. The van der Waals surface area contributed by atoms with Gasteiger partial charge in [-0.15, -0.1) is 0 Å². The normalized spacial score (nSPS) is 11.7. The number of ether oxygens (including phenoxy) is 1. The lowest BCUT2D eigenvalue weighted by atomic mass is 10.1. The van der Waals surface area contributed by atoms with Crippen LogP contribution in [-0.2, 0) is 27.0 Å². The fourth-order valence-corrected chi connectivity index (χ4v) is 3.39. The first kappa shape index (κ1) is 17.9. The van der Waals surface area contributed by atoms with Crippen LogP contribution < -0.4 is 0 Å². The molecule has 0 saturated carbocycles. The van der Waals surface area contributed by atoms with Gasteiger partial charge in [0.05, 0.1) is 17.7 Å². The Bertz CT molecular complexity index is 752. The molecule has 0 amide bonds. The van der Waals surface area contributed by atoms with Gasteiger partial charge in [0.25, 0.3) is 0 Å². The van der Waals surface area contributed by atoms with E-state index in [0.717, 1.165) is 11.1 Å². The van der Waals surface area contributed by atoms with Gasteiger partial charge in [-0.2, -0.15) is 0 Å². The third-order valence-electron chi connectivity index (χ3n) is 3.29. The topological polar surface area (TPSA) is 80.7 Å². The molecule has 0 aromatic heterocycles. The zero-order valence-corrected chi connectivity index (χ0v) is 14.0. The van der Waals surface area contributed by atoms with Gasteiger partial charge in [-0.05, 0) is 42.3 Å². The first-order valence-electron chi connectivity index (χ1n) is 7.43. The molecule has 0 aliphatic carbocycles. The summed E-state index contributed by atoms with van der Waals surface area (Å²) in [5.74, 6) is -0.769. The highest BCUT2D eigenvalue weighted by atomic mass is 32.2. The first-order chi connectivity index (χ1) is 11.5. The molecule has 2 rings (SSSR count). The fraction of sp³-hybridized carbons (Fsp3) is 0.222. The second kappa shape index (κ2) is 8.40. The van der Waals surface area contributed by atoms with E-state index in [1.54, 1.807) is 43.3 Å². The van der Waals surface area contributed by atoms with E-state index >= 15 is 0 Å². The van der Waals surface area contributed by atoms with E-state index in [2.05, 4.69) is 0 Å². The average Bonchev–Trinajstić information content (AvgIpc) is 2.55. The largest absolute Gasteiger partial charge is 0.478 e. The lowest BCUT2D eigenvalue weighted by Crippen LogP contribution is -2.05. The van der Waals surface area contributed by atoms with Crippen LogP contribution in [0.2, 0.25) is 0 Å². The fourth-order valence-electron chi connectivity index (χ4n) is 2.17. The second-order valence-electron chi connectivity index (χ2n) is 5.15. The number of benzene rings is 2. The van der Waals surface area contributed by atoms with Gasteiger partial charge in [-0.1, -0.05) is 24.3 Å². The van der Waals surface area contributed by atoms with E-state index in [1.807, 2.05) is 0 Å². The third kappa shape index (κ3) is 5.03. The van der Waals surface area contributed by atoms with Crippen molar-refractivity contribution in [1.29, 1.82) is 0 Å². The molecule has 1 atom stereocenters. The van der Waals surface area contributed by atoms with Gasteiger partial charge in [-0.25, -0.2) is 9.59 Å². The molecule has 0 bridgehead atoms. The number of esters is 1. The van der Waals surface area contributed by atoms with Gasteiger partial charge in [0.15, 0.2) is 0 Å². The van der Waals surface area contributed by atoms with Crippen LogP contribution >= 0.6 is 0 Å². The lowest BCUT2D eigenvalue weighted by molar-refractivity contribution is 0.0526. The minimum absolute atomic E-state index is 0.184. The van der Waals surface area contributed by atoms with Crippen molar-refractivity contribution in [3.63, 3.8) is 0 Å². The summed E-state index contributed by atoms with van der Waals surface area (Å²) in [6, 6.07) is 13.2.